The van der Waals surface area contributed by atoms with E-state index in [0.29, 0.717) is 42.9 Å². The first kappa shape index (κ1) is 26.2. The summed E-state index contributed by atoms with van der Waals surface area (Å²) in [6.45, 7) is 5.88. The summed E-state index contributed by atoms with van der Waals surface area (Å²) in [4.78, 5) is 30.3. The Labute approximate surface area is 200 Å². The molecule has 2 amide bonds. The molecule has 2 aromatic rings. The number of hydrogen-bond acceptors (Lipinski definition) is 6. The van der Waals surface area contributed by atoms with Crippen molar-refractivity contribution in [3.63, 3.8) is 0 Å². The van der Waals surface area contributed by atoms with Crippen molar-refractivity contribution in [2.24, 2.45) is 5.92 Å². The first-order valence-electron chi connectivity index (χ1n) is 10.6. The second kappa shape index (κ2) is 12.2. The molecule has 9 heteroatoms. The van der Waals surface area contributed by atoms with Gasteiger partial charge in [-0.25, -0.2) is 4.98 Å². The van der Waals surface area contributed by atoms with Gasteiger partial charge in [0.1, 0.15) is 5.82 Å². The third kappa shape index (κ3) is 7.20. The molecular weight excluding hydrogens is 444 g/mol. The highest BCUT2D eigenvalue weighted by Gasteiger charge is 2.16. The van der Waals surface area contributed by atoms with Crippen LogP contribution in [-0.2, 0) is 22.7 Å². The number of carbonyl (C=O) groups excluding carboxylic acids is 2. The van der Waals surface area contributed by atoms with Gasteiger partial charge in [-0.15, -0.1) is 12.4 Å². The summed E-state index contributed by atoms with van der Waals surface area (Å²) >= 11 is 0. The highest BCUT2D eigenvalue weighted by Crippen LogP contribution is 2.32. The molecular formula is C24H31ClN4O4. The van der Waals surface area contributed by atoms with Crippen molar-refractivity contribution < 1.29 is 19.1 Å². The molecule has 2 N–H and O–H groups in total. The van der Waals surface area contributed by atoms with Crippen molar-refractivity contribution in [3.8, 4) is 11.5 Å². The molecule has 178 valence electrons. The lowest BCUT2D eigenvalue weighted by Gasteiger charge is -2.20. The normalized spacial score (nSPS) is 13.1. The van der Waals surface area contributed by atoms with Crippen molar-refractivity contribution in [2.45, 2.75) is 26.9 Å². The first-order valence-corrected chi connectivity index (χ1v) is 10.6. The summed E-state index contributed by atoms with van der Waals surface area (Å²) in [6, 6.07) is 7.58. The third-order valence-electron chi connectivity index (χ3n) is 4.89. The van der Waals surface area contributed by atoms with Gasteiger partial charge in [0.25, 0.3) is 0 Å². The molecule has 1 aliphatic heterocycles. The molecule has 0 radical (unpaired) electrons. The number of amides is 2. The largest absolute Gasteiger partial charge is 0.493 e. The number of carbonyl (C=O) groups is 2. The highest BCUT2D eigenvalue weighted by atomic mass is 35.5. The lowest BCUT2D eigenvalue weighted by atomic mass is 10.1. The van der Waals surface area contributed by atoms with Crippen LogP contribution in [0.15, 0.2) is 36.5 Å². The second-order valence-corrected chi connectivity index (χ2v) is 8.11. The number of fused-ring (bicyclic) bond motifs is 1. The van der Waals surface area contributed by atoms with Crippen LogP contribution in [-0.4, -0.2) is 49.0 Å². The van der Waals surface area contributed by atoms with Gasteiger partial charge in [0.05, 0.1) is 20.3 Å². The Kier molecular flexibility index (Phi) is 9.69. The lowest BCUT2D eigenvalue weighted by Crippen LogP contribution is -2.24. The summed E-state index contributed by atoms with van der Waals surface area (Å²) in [5.41, 5.74) is 2.54. The minimum absolute atomic E-state index is 0. The first-order chi connectivity index (χ1) is 15.4. The third-order valence-corrected chi connectivity index (χ3v) is 4.89. The van der Waals surface area contributed by atoms with Gasteiger partial charge in [-0.1, -0.05) is 26.0 Å². The molecule has 0 saturated carbocycles. The molecule has 0 aliphatic carbocycles. The Morgan fingerprint density at radius 1 is 1.30 bits per heavy atom. The smallest absolute Gasteiger partial charge is 0.246 e. The predicted octanol–water partition coefficient (Wildman–Crippen LogP) is 3.26. The molecule has 3 rings (SSSR count). The van der Waals surface area contributed by atoms with Gasteiger partial charge in [0.2, 0.25) is 11.8 Å². The number of ether oxygens (including phenoxy) is 2. The minimum Gasteiger partial charge on any atom is -0.493 e. The van der Waals surface area contributed by atoms with E-state index < -0.39 is 0 Å². The van der Waals surface area contributed by atoms with Crippen LogP contribution >= 0.6 is 12.4 Å². The zero-order valence-electron chi connectivity index (χ0n) is 19.4. The lowest BCUT2D eigenvalue weighted by molar-refractivity contribution is -0.125. The van der Waals surface area contributed by atoms with Gasteiger partial charge in [0.15, 0.2) is 11.5 Å². The number of likely N-dealkylation sites (N-methyl/N-ethyl adjacent to an activating group) is 1. The summed E-state index contributed by atoms with van der Waals surface area (Å²) in [5, 5.41) is 5.81. The van der Waals surface area contributed by atoms with E-state index in [2.05, 4.69) is 29.5 Å². The van der Waals surface area contributed by atoms with E-state index in [0.717, 1.165) is 16.7 Å². The summed E-state index contributed by atoms with van der Waals surface area (Å²) in [5.74, 6) is 1.96. The van der Waals surface area contributed by atoms with Crippen molar-refractivity contribution in [3.05, 3.63) is 53.2 Å². The van der Waals surface area contributed by atoms with Gasteiger partial charge < -0.3 is 25.0 Å². The monoisotopic (exact) mass is 474 g/mol. The summed E-state index contributed by atoms with van der Waals surface area (Å²) in [7, 11) is 3.35. The van der Waals surface area contributed by atoms with Crippen LogP contribution < -0.4 is 20.1 Å². The molecule has 0 saturated heterocycles. The van der Waals surface area contributed by atoms with Crippen LogP contribution in [0.1, 0.15) is 30.5 Å². The minimum atomic E-state index is -0.149. The molecule has 1 aliphatic rings. The topological polar surface area (TPSA) is 92.8 Å². The Morgan fingerprint density at radius 2 is 2.09 bits per heavy atom. The molecule has 8 nitrogen and oxygen atoms in total. The van der Waals surface area contributed by atoms with Crippen molar-refractivity contribution in [1.29, 1.82) is 0 Å². The van der Waals surface area contributed by atoms with Gasteiger partial charge in [-0.2, -0.15) is 0 Å². The highest BCUT2D eigenvalue weighted by molar-refractivity contribution is 5.93. The fraction of sp³-hybridized carbons (Fsp3) is 0.375. The van der Waals surface area contributed by atoms with Crippen molar-refractivity contribution in [1.82, 2.24) is 15.2 Å². The van der Waals surface area contributed by atoms with E-state index in [9.17, 15) is 9.59 Å². The SMILES string of the molecule is COc1cccc(CN(C)C(=O)C=Cc2cnc3c(c2)CNCC(=O)N3)c1OCC(C)C.Cl. The van der Waals surface area contributed by atoms with E-state index in [1.54, 1.807) is 31.3 Å². The van der Waals surface area contributed by atoms with Gasteiger partial charge >= 0.3 is 0 Å². The molecule has 0 atom stereocenters. The Bertz CT molecular complexity index is 1010. The average Bonchev–Trinajstić information content (AvgIpc) is 2.96. The van der Waals surface area contributed by atoms with Crippen LogP contribution in [0.2, 0.25) is 0 Å². The van der Waals surface area contributed by atoms with E-state index in [-0.39, 0.29) is 30.8 Å². The van der Waals surface area contributed by atoms with Gasteiger partial charge in [0, 0.05) is 43.5 Å². The van der Waals surface area contributed by atoms with Crippen molar-refractivity contribution >= 4 is 36.1 Å². The molecule has 1 aromatic carbocycles. The zero-order valence-corrected chi connectivity index (χ0v) is 20.2. The van der Waals surface area contributed by atoms with Gasteiger partial charge in [-0.3, -0.25) is 9.59 Å². The fourth-order valence-corrected chi connectivity index (χ4v) is 3.24. The summed E-state index contributed by atoms with van der Waals surface area (Å²) in [6.07, 6.45) is 4.87. The number of hydrogen-bond donors (Lipinski definition) is 2. The molecule has 0 bridgehead atoms. The number of aromatic nitrogens is 1. The maximum atomic E-state index is 12.7. The number of nitrogens with one attached hydrogen (secondary N) is 2. The Morgan fingerprint density at radius 3 is 2.82 bits per heavy atom. The maximum Gasteiger partial charge on any atom is 0.246 e. The molecule has 0 spiro atoms. The van der Waals surface area contributed by atoms with E-state index in [4.69, 9.17) is 9.47 Å². The van der Waals surface area contributed by atoms with Crippen LogP contribution in [0.4, 0.5) is 5.82 Å². The van der Waals surface area contributed by atoms with Crippen LogP contribution in [0.25, 0.3) is 6.08 Å². The second-order valence-electron chi connectivity index (χ2n) is 8.11. The molecule has 33 heavy (non-hydrogen) atoms. The number of benzene rings is 1. The molecule has 0 fully saturated rings. The van der Waals surface area contributed by atoms with E-state index in [1.165, 1.54) is 6.08 Å². The maximum absolute atomic E-state index is 12.7. The van der Waals surface area contributed by atoms with Gasteiger partial charge in [-0.05, 0) is 29.7 Å². The Hall–Kier alpha value is -3.10. The number of pyridine rings is 1. The predicted molar refractivity (Wildman–Crippen MR) is 131 cm³/mol. The van der Waals surface area contributed by atoms with Crippen molar-refractivity contribution in [2.75, 3.05) is 32.6 Å². The number of anilines is 1. The van der Waals surface area contributed by atoms with Crippen LogP contribution in [0.3, 0.4) is 0 Å². The Balaban J connectivity index is 0.00000385. The molecule has 2 heterocycles. The van der Waals surface area contributed by atoms with Crippen LogP contribution in [0.5, 0.6) is 11.5 Å². The van der Waals surface area contributed by atoms with Crippen LogP contribution in [0, 0.1) is 5.92 Å². The number of para-hydroxylation sites is 1. The number of rotatable bonds is 8. The number of methoxy groups -OCH3 is 1. The zero-order chi connectivity index (χ0) is 23.1. The quantitative estimate of drug-likeness (QED) is 0.570. The molecule has 0 unspecified atom stereocenters. The average molecular weight is 475 g/mol. The van der Waals surface area contributed by atoms with E-state index >= 15 is 0 Å². The number of nitrogens with zero attached hydrogens (tertiary/aromatic N) is 2. The number of halogens is 1. The van der Waals surface area contributed by atoms with E-state index in [1.807, 2.05) is 24.3 Å². The molecule has 1 aromatic heterocycles. The summed E-state index contributed by atoms with van der Waals surface area (Å²) < 4.78 is 11.4. The fourth-order valence-electron chi connectivity index (χ4n) is 3.24. The standard InChI is InChI=1S/C24H30N4O4.ClH/c1-16(2)15-32-23-18(6-5-7-20(23)31-4)14-28(3)22(30)9-8-17-10-19-12-25-13-21(29)27-24(19)26-11-17;/h5-11,16,25H,12-15H2,1-4H3,(H,26,27,29);1H.